The van der Waals surface area contributed by atoms with Gasteiger partial charge in [-0.2, -0.15) is 0 Å². The number of benzene rings is 1. The van der Waals surface area contributed by atoms with E-state index < -0.39 is 0 Å². The van der Waals surface area contributed by atoms with Crippen LogP contribution < -0.4 is 5.32 Å². The zero-order valence-corrected chi connectivity index (χ0v) is 9.78. The zero-order valence-electron chi connectivity index (χ0n) is 9.78. The first-order chi connectivity index (χ1) is 8.74. The standard InChI is InChI=1S/C13H13FN2O2/c14-9-1-2-12-10(7-9)11(13(17)15-12)8-16-3-5-18-6-4-16/h1-2,7-8H,3-6H2,(H,15,17)/b11-8+. The number of hydrogen-bond donors (Lipinski definition) is 1. The first kappa shape index (κ1) is 11.2. The predicted octanol–water partition coefficient (Wildman–Crippen LogP) is 1.45. The van der Waals surface area contributed by atoms with Crippen LogP contribution in [-0.2, 0) is 9.53 Å². The maximum absolute atomic E-state index is 13.2. The van der Waals surface area contributed by atoms with Crippen molar-refractivity contribution in [3.05, 3.63) is 35.8 Å². The highest BCUT2D eigenvalue weighted by Gasteiger charge is 2.25. The fourth-order valence-electron chi connectivity index (χ4n) is 2.18. The topological polar surface area (TPSA) is 41.6 Å². The van der Waals surface area contributed by atoms with Crippen molar-refractivity contribution in [2.75, 3.05) is 31.6 Å². The molecular weight excluding hydrogens is 235 g/mol. The molecule has 5 heteroatoms. The Morgan fingerprint density at radius 2 is 2.11 bits per heavy atom. The number of nitrogens with one attached hydrogen (secondary N) is 1. The number of anilines is 1. The Kier molecular flexibility index (Phi) is 2.76. The summed E-state index contributed by atoms with van der Waals surface area (Å²) in [6, 6.07) is 4.32. The Morgan fingerprint density at radius 1 is 1.33 bits per heavy atom. The van der Waals surface area contributed by atoms with Crippen molar-refractivity contribution >= 4 is 17.2 Å². The Morgan fingerprint density at radius 3 is 2.89 bits per heavy atom. The Balaban J connectivity index is 1.95. The molecule has 1 saturated heterocycles. The lowest BCUT2D eigenvalue weighted by molar-refractivity contribution is -0.110. The van der Waals surface area contributed by atoms with Gasteiger partial charge in [-0.25, -0.2) is 4.39 Å². The van der Waals surface area contributed by atoms with Gasteiger partial charge in [0.2, 0.25) is 0 Å². The molecule has 1 N–H and O–H groups in total. The van der Waals surface area contributed by atoms with E-state index >= 15 is 0 Å². The second-order valence-electron chi connectivity index (χ2n) is 4.34. The second kappa shape index (κ2) is 4.42. The molecule has 18 heavy (non-hydrogen) atoms. The zero-order chi connectivity index (χ0) is 12.5. The van der Waals surface area contributed by atoms with Crippen LogP contribution >= 0.6 is 0 Å². The van der Waals surface area contributed by atoms with E-state index in [4.69, 9.17) is 4.74 Å². The first-order valence-corrected chi connectivity index (χ1v) is 5.89. The molecule has 2 aliphatic heterocycles. The van der Waals surface area contributed by atoms with Crippen molar-refractivity contribution in [1.29, 1.82) is 0 Å². The molecular formula is C13H13FN2O2. The van der Waals surface area contributed by atoms with Crippen LogP contribution in [-0.4, -0.2) is 37.1 Å². The summed E-state index contributed by atoms with van der Waals surface area (Å²) in [6.07, 6.45) is 1.79. The monoisotopic (exact) mass is 248 g/mol. The van der Waals surface area contributed by atoms with Crippen molar-refractivity contribution in [2.24, 2.45) is 0 Å². The molecule has 0 unspecified atom stereocenters. The van der Waals surface area contributed by atoms with Crippen LogP contribution in [0.2, 0.25) is 0 Å². The van der Waals surface area contributed by atoms with Crippen LogP contribution in [0.1, 0.15) is 5.56 Å². The molecule has 0 radical (unpaired) electrons. The van der Waals surface area contributed by atoms with Gasteiger partial charge < -0.3 is 15.0 Å². The quantitative estimate of drug-likeness (QED) is 0.765. The number of carbonyl (C=O) groups excluding carboxylic acids is 1. The number of hydrogen-bond acceptors (Lipinski definition) is 3. The van der Waals surface area contributed by atoms with E-state index in [1.165, 1.54) is 12.1 Å². The third kappa shape index (κ3) is 1.97. The smallest absolute Gasteiger partial charge is 0.257 e. The molecule has 0 bridgehead atoms. The fourth-order valence-corrected chi connectivity index (χ4v) is 2.18. The number of amides is 1. The van der Waals surface area contributed by atoms with Crippen molar-refractivity contribution in [3.8, 4) is 0 Å². The molecule has 0 saturated carbocycles. The maximum atomic E-state index is 13.2. The number of morpholine rings is 1. The highest BCUT2D eigenvalue weighted by molar-refractivity contribution is 6.31. The van der Waals surface area contributed by atoms with Gasteiger partial charge in [0.25, 0.3) is 5.91 Å². The predicted molar refractivity (Wildman–Crippen MR) is 65.4 cm³/mol. The summed E-state index contributed by atoms with van der Waals surface area (Å²) < 4.78 is 18.5. The number of halogens is 1. The van der Waals surface area contributed by atoms with Gasteiger partial charge in [-0.3, -0.25) is 4.79 Å². The largest absolute Gasteiger partial charge is 0.378 e. The van der Waals surface area contributed by atoms with Gasteiger partial charge in [0.05, 0.1) is 18.8 Å². The average molecular weight is 248 g/mol. The van der Waals surface area contributed by atoms with Gasteiger partial charge in [0.1, 0.15) is 5.82 Å². The third-order valence-corrected chi connectivity index (χ3v) is 3.12. The van der Waals surface area contributed by atoms with Crippen LogP contribution in [0.5, 0.6) is 0 Å². The highest BCUT2D eigenvalue weighted by atomic mass is 19.1. The summed E-state index contributed by atoms with van der Waals surface area (Å²) in [6.45, 7) is 2.81. The van der Waals surface area contributed by atoms with Gasteiger partial charge in [-0.1, -0.05) is 0 Å². The maximum Gasteiger partial charge on any atom is 0.257 e. The summed E-state index contributed by atoms with van der Waals surface area (Å²) >= 11 is 0. The minimum Gasteiger partial charge on any atom is -0.378 e. The molecule has 1 fully saturated rings. The molecule has 1 amide bonds. The van der Waals surface area contributed by atoms with E-state index in [1.54, 1.807) is 12.3 Å². The SMILES string of the molecule is O=C1Nc2ccc(F)cc2/C1=C\N1CCOCC1. The summed E-state index contributed by atoms with van der Waals surface area (Å²) in [5.41, 5.74) is 1.82. The molecule has 0 aromatic heterocycles. The van der Waals surface area contributed by atoms with E-state index in [-0.39, 0.29) is 11.7 Å². The number of nitrogens with zero attached hydrogens (tertiary/aromatic N) is 1. The van der Waals surface area contributed by atoms with Gasteiger partial charge in [-0.15, -0.1) is 0 Å². The summed E-state index contributed by atoms with van der Waals surface area (Å²) in [4.78, 5) is 13.9. The Bertz CT molecular complexity index is 522. The average Bonchev–Trinajstić information content (AvgIpc) is 2.67. The van der Waals surface area contributed by atoms with Crippen LogP contribution in [0.25, 0.3) is 5.57 Å². The van der Waals surface area contributed by atoms with E-state index in [9.17, 15) is 9.18 Å². The lowest BCUT2D eigenvalue weighted by Gasteiger charge is -2.25. The van der Waals surface area contributed by atoms with Gasteiger partial charge in [0.15, 0.2) is 0 Å². The minimum atomic E-state index is -0.335. The summed E-state index contributed by atoms with van der Waals surface area (Å²) in [5.74, 6) is -0.514. The van der Waals surface area contributed by atoms with E-state index in [0.29, 0.717) is 30.0 Å². The van der Waals surface area contributed by atoms with Crippen LogP contribution in [0.15, 0.2) is 24.4 Å². The molecule has 0 aliphatic carbocycles. The summed E-state index contributed by atoms with van der Waals surface area (Å²) in [7, 11) is 0. The summed E-state index contributed by atoms with van der Waals surface area (Å²) in [5, 5.41) is 2.73. The second-order valence-corrected chi connectivity index (χ2v) is 4.34. The van der Waals surface area contributed by atoms with Crippen molar-refractivity contribution < 1.29 is 13.9 Å². The number of carbonyl (C=O) groups is 1. The van der Waals surface area contributed by atoms with Crippen LogP contribution in [0.4, 0.5) is 10.1 Å². The minimum absolute atomic E-state index is 0.179. The Labute approximate surface area is 104 Å². The molecule has 0 spiro atoms. The third-order valence-electron chi connectivity index (χ3n) is 3.12. The molecule has 2 heterocycles. The number of rotatable bonds is 1. The fraction of sp³-hybridized carbons (Fsp3) is 0.308. The molecule has 4 nitrogen and oxygen atoms in total. The van der Waals surface area contributed by atoms with Gasteiger partial charge in [0, 0.05) is 30.5 Å². The van der Waals surface area contributed by atoms with E-state index in [0.717, 1.165) is 13.1 Å². The van der Waals surface area contributed by atoms with E-state index in [2.05, 4.69) is 5.32 Å². The molecule has 3 rings (SSSR count). The van der Waals surface area contributed by atoms with Crippen LogP contribution in [0.3, 0.4) is 0 Å². The lowest BCUT2D eigenvalue weighted by Crippen LogP contribution is -2.32. The molecule has 1 aromatic carbocycles. The molecule has 1 aromatic rings. The van der Waals surface area contributed by atoms with Crippen LogP contribution in [0, 0.1) is 5.82 Å². The first-order valence-electron chi connectivity index (χ1n) is 5.89. The van der Waals surface area contributed by atoms with Gasteiger partial charge in [-0.05, 0) is 18.2 Å². The highest BCUT2D eigenvalue weighted by Crippen LogP contribution is 2.32. The lowest BCUT2D eigenvalue weighted by atomic mass is 10.1. The van der Waals surface area contributed by atoms with E-state index in [1.807, 2.05) is 4.90 Å². The number of fused-ring (bicyclic) bond motifs is 1. The van der Waals surface area contributed by atoms with Gasteiger partial charge >= 0.3 is 0 Å². The molecule has 2 aliphatic rings. The van der Waals surface area contributed by atoms with Crippen molar-refractivity contribution in [3.63, 3.8) is 0 Å². The number of ether oxygens (including phenoxy) is 1. The molecule has 94 valence electrons. The van der Waals surface area contributed by atoms with Crippen molar-refractivity contribution in [2.45, 2.75) is 0 Å². The Hall–Kier alpha value is -1.88. The molecule has 0 atom stereocenters. The normalized spacial score (nSPS) is 21.1. The van der Waals surface area contributed by atoms with Crippen molar-refractivity contribution in [1.82, 2.24) is 4.90 Å².